The largest absolute Gasteiger partial charge is 0.392 e. The highest BCUT2D eigenvalue weighted by atomic mass is 35.5. The molecule has 0 spiro atoms. The van der Waals surface area contributed by atoms with E-state index in [0.717, 1.165) is 44.8 Å². The number of rotatable bonds is 9. The minimum Gasteiger partial charge on any atom is -0.392 e. The van der Waals surface area contributed by atoms with E-state index in [1.54, 1.807) is 25.3 Å². The molecular weight excluding hydrogens is 540 g/mol. The van der Waals surface area contributed by atoms with Gasteiger partial charge in [-0.05, 0) is 54.7 Å². The van der Waals surface area contributed by atoms with E-state index in [2.05, 4.69) is 37.6 Å². The highest BCUT2D eigenvalue weighted by Crippen LogP contribution is 2.32. The van der Waals surface area contributed by atoms with Crippen LogP contribution < -0.4 is 10.6 Å². The molecule has 3 aromatic rings. The SMILES string of the molecule is COCCN1CCc2ccc(Nc3ncc(Cl)c(Nc4ccccc4S(=O)(=O)N4CCC(O)C4)n3)cc2CC1. The highest BCUT2D eigenvalue weighted by molar-refractivity contribution is 7.89. The number of aliphatic hydroxyl groups is 1. The number of β-amino-alcohol motifs (C(OH)–C–C–N with tert-alkyl or cyclic N) is 1. The van der Waals surface area contributed by atoms with Gasteiger partial charge >= 0.3 is 0 Å². The van der Waals surface area contributed by atoms with E-state index in [0.29, 0.717) is 18.1 Å². The number of aromatic nitrogens is 2. The number of hydrogen-bond donors (Lipinski definition) is 3. The van der Waals surface area contributed by atoms with Gasteiger partial charge in [-0.1, -0.05) is 29.8 Å². The summed E-state index contributed by atoms with van der Waals surface area (Å²) in [7, 11) is -2.09. The summed E-state index contributed by atoms with van der Waals surface area (Å²) in [4.78, 5) is 11.4. The van der Waals surface area contributed by atoms with Gasteiger partial charge in [0.25, 0.3) is 0 Å². The van der Waals surface area contributed by atoms with Gasteiger partial charge in [0, 0.05) is 45.5 Å². The predicted molar refractivity (Wildman–Crippen MR) is 152 cm³/mol. The molecule has 12 heteroatoms. The Bertz CT molecular complexity index is 1420. The molecule has 2 aromatic carbocycles. The van der Waals surface area contributed by atoms with Crippen LogP contribution in [0.1, 0.15) is 17.5 Å². The lowest BCUT2D eigenvalue weighted by Gasteiger charge is -2.19. The van der Waals surface area contributed by atoms with Gasteiger partial charge < -0.3 is 25.4 Å². The molecule has 39 heavy (non-hydrogen) atoms. The number of sulfonamides is 1. The number of anilines is 4. The molecule has 1 aromatic heterocycles. The van der Waals surface area contributed by atoms with Crippen molar-refractivity contribution < 1.29 is 18.3 Å². The lowest BCUT2D eigenvalue weighted by molar-refractivity contribution is 0.150. The van der Waals surface area contributed by atoms with Crippen molar-refractivity contribution in [1.29, 1.82) is 0 Å². The third-order valence-corrected chi connectivity index (χ3v) is 9.30. The minimum absolute atomic E-state index is 0.0744. The van der Waals surface area contributed by atoms with Crippen LogP contribution in [0.25, 0.3) is 0 Å². The number of halogens is 1. The van der Waals surface area contributed by atoms with Crippen molar-refractivity contribution in [3.05, 3.63) is 64.8 Å². The molecule has 3 N–H and O–H groups in total. The Morgan fingerprint density at radius 2 is 1.90 bits per heavy atom. The quantitative estimate of drug-likeness (QED) is 0.354. The van der Waals surface area contributed by atoms with Crippen LogP contribution in [0.15, 0.2) is 53.6 Å². The standard InChI is InChI=1S/C27H33ClN6O4S/c1-38-15-14-33-11-8-19-6-7-21(16-20(19)9-12-33)30-27-29-17-23(28)26(32-27)31-24-4-2-3-5-25(24)39(36,37)34-13-10-22(35)18-34/h2-7,16-17,22,35H,8-15,18H2,1H3,(H2,29,30,31,32). The molecule has 0 amide bonds. The maximum atomic E-state index is 13.3. The Balaban J connectivity index is 1.33. The highest BCUT2D eigenvalue weighted by Gasteiger charge is 2.33. The Kier molecular flexibility index (Phi) is 8.65. The van der Waals surface area contributed by atoms with Crippen LogP contribution >= 0.6 is 11.6 Å². The fourth-order valence-electron chi connectivity index (χ4n) is 4.93. The van der Waals surface area contributed by atoms with Crippen LogP contribution in [0, 0.1) is 0 Å². The topological polar surface area (TPSA) is 120 Å². The summed E-state index contributed by atoms with van der Waals surface area (Å²) in [5, 5.41) is 16.4. The zero-order valence-corrected chi connectivity index (χ0v) is 23.4. The first-order chi connectivity index (χ1) is 18.8. The molecule has 1 unspecified atom stereocenters. The number of para-hydroxylation sites is 1. The molecule has 2 aliphatic rings. The van der Waals surface area contributed by atoms with Crippen LogP contribution in [0.5, 0.6) is 0 Å². The molecule has 5 rings (SSSR count). The van der Waals surface area contributed by atoms with Crippen molar-refractivity contribution in [2.45, 2.75) is 30.3 Å². The Labute approximate surface area is 234 Å². The average Bonchev–Trinajstić information content (AvgIpc) is 3.28. The van der Waals surface area contributed by atoms with Gasteiger partial charge in [-0.25, -0.2) is 13.4 Å². The number of nitrogens with one attached hydrogen (secondary N) is 2. The van der Waals surface area contributed by atoms with E-state index in [-0.39, 0.29) is 28.8 Å². The fraction of sp³-hybridized carbons (Fsp3) is 0.407. The normalized spacial score (nSPS) is 18.5. The molecule has 0 bridgehead atoms. The molecular formula is C27H33ClN6O4S. The Hall–Kier alpha value is -2.80. The molecule has 3 heterocycles. The van der Waals surface area contributed by atoms with Gasteiger partial charge in [-0.2, -0.15) is 9.29 Å². The zero-order chi connectivity index (χ0) is 27.4. The van der Waals surface area contributed by atoms with E-state index in [9.17, 15) is 13.5 Å². The molecule has 1 saturated heterocycles. The Morgan fingerprint density at radius 1 is 1.10 bits per heavy atom. The lowest BCUT2D eigenvalue weighted by atomic mass is 10.0. The molecule has 1 fully saturated rings. The van der Waals surface area contributed by atoms with Gasteiger partial charge in [0.2, 0.25) is 16.0 Å². The minimum atomic E-state index is -3.82. The third kappa shape index (κ3) is 6.51. The summed E-state index contributed by atoms with van der Waals surface area (Å²) in [6, 6.07) is 12.9. The number of ether oxygens (including phenoxy) is 1. The maximum Gasteiger partial charge on any atom is 0.245 e. The van der Waals surface area contributed by atoms with E-state index in [1.807, 2.05) is 6.07 Å². The van der Waals surface area contributed by atoms with Gasteiger partial charge in [0.1, 0.15) is 9.92 Å². The summed E-state index contributed by atoms with van der Waals surface area (Å²) >= 11 is 6.40. The molecule has 208 valence electrons. The van der Waals surface area contributed by atoms with Gasteiger partial charge in [0.15, 0.2) is 5.82 Å². The lowest BCUT2D eigenvalue weighted by Crippen LogP contribution is -2.30. The van der Waals surface area contributed by atoms with E-state index >= 15 is 0 Å². The van der Waals surface area contributed by atoms with Crippen LogP contribution in [0.2, 0.25) is 5.02 Å². The van der Waals surface area contributed by atoms with Crippen molar-refractivity contribution in [1.82, 2.24) is 19.2 Å². The van der Waals surface area contributed by atoms with Gasteiger partial charge in [0.05, 0.1) is 24.6 Å². The first-order valence-electron chi connectivity index (χ1n) is 13.0. The molecule has 2 aliphatic heterocycles. The number of fused-ring (bicyclic) bond motifs is 1. The summed E-state index contributed by atoms with van der Waals surface area (Å²) in [5.74, 6) is 0.613. The van der Waals surface area contributed by atoms with Crippen LogP contribution in [0.3, 0.4) is 0 Å². The van der Waals surface area contributed by atoms with Crippen molar-refractivity contribution in [2.75, 3.05) is 57.1 Å². The molecule has 0 radical (unpaired) electrons. The Morgan fingerprint density at radius 3 is 2.67 bits per heavy atom. The smallest absolute Gasteiger partial charge is 0.245 e. The average molecular weight is 573 g/mol. The van der Waals surface area contributed by atoms with Crippen LogP contribution in [-0.4, -0.2) is 85.2 Å². The second-order valence-electron chi connectivity index (χ2n) is 9.76. The monoisotopic (exact) mass is 572 g/mol. The van der Waals surface area contributed by atoms with Crippen LogP contribution in [-0.2, 0) is 27.6 Å². The fourth-order valence-corrected chi connectivity index (χ4v) is 6.71. The number of hydrogen-bond acceptors (Lipinski definition) is 9. The second kappa shape index (κ2) is 12.2. The van der Waals surface area contributed by atoms with E-state index in [1.165, 1.54) is 27.7 Å². The first kappa shape index (κ1) is 27.8. The summed E-state index contributed by atoms with van der Waals surface area (Å²) in [6.07, 6.45) is 3.17. The molecule has 1 atom stereocenters. The first-order valence-corrected chi connectivity index (χ1v) is 14.8. The van der Waals surface area contributed by atoms with Gasteiger partial charge in [-0.15, -0.1) is 0 Å². The second-order valence-corrected chi connectivity index (χ2v) is 12.1. The summed E-state index contributed by atoms with van der Waals surface area (Å²) < 4.78 is 33.1. The molecule has 0 aliphatic carbocycles. The number of nitrogens with zero attached hydrogens (tertiary/aromatic N) is 4. The van der Waals surface area contributed by atoms with Crippen molar-refractivity contribution in [2.24, 2.45) is 0 Å². The van der Waals surface area contributed by atoms with E-state index in [4.69, 9.17) is 16.3 Å². The third-order valence-electron chi connectivity index (χ3n) is 7.10. The maximum absolute atomic E-state index is 13.3. The van der Waals surface area contributed by atoms with Crippen LogP contribution in [0.4, 0.5) is 23.1 Å². The van der Waals surface area contributed by atoms with E-state index < -0.39 is 16.1 Å². The van der Waals surface area contributed by atoms with Crippen molar-refractivity contribution >= 4 is 44.8 Å². The molecule has 0 saturated carbocycles. The van der Waals surface area contributed by atoms with Crippen molar-refractivity contribution in [3.63, 3.8) is 0 Å². The predicted octanol–water partition coefficient (Wildman–Crippen LogP) is 3.42. The van der Waals surface area contributed by atoms with Gasteiger partial charge in [-0.3, -0.25) is 0 Å². The number of methoxy groups -OCH3 is 1. The zero-order valence-electron chi connectivity index (χ0n) is 21.8. The number of aliphatic hydroxyl groups excluding tert-OH is 1. The van der Waals surface area contributed by atoms with Crippen molar-refractivity contribution in [3.8, 4) is 0 Å². The summed E-state index contributed by atoms with van der Waals surface area (Å²) in [6.45, 7) is 3.98. The molecule has 10 nitrogen and oxygen atoms in total. The summed E-state index contributed by atoms with van der Waals surface area (Å²) in [5.41, 5.74) is 3.83. The number of benzene rings is 2.